The first-order valence-corrected chi connectivity index (χ1v) is 12.2. The number of nitrogens with one attached hydrogen (secondary N) is 1. The number of rotatable bonds is 5. The Hall–Kier alpha value is -3.38. The normalized spacial score (nSPS) is 15.8. The maximum Gasteiger partial charge on any atom is 0.451 e. The van der Waals surface area contributed by atoms with Gasteiger partial charge in [-0.1, -0.05) is 0 Å². The van der Waals surface area contributed by atoms with Gasteiger partial charge in [-0.15, -0.1) is 11.3 Å². The van der Waals surface area contributed by atoms with Crippen LogP contribution >= 0.6 is 11.3 Å². The van der Waals surface area contributed by atoms with E-state index in [1.807, 2.05) is 17.8 Å². The number of carbonyl (C=O) groups excluding carboxylic acids is 1. The van der Waals surface area contributed by atoms with E-state index in [9.17, 15) is 18.0 Å². The first kappa shape index (κ1) is 24.3. The molecule has 1 fully saturated rings. The lowest BCUT2D eigenvalue weighted by Gasteiger charge is -2.22. The predicted octanol–water partition coefficient (Wildman–Crippen LogP) is 5.12. The highest BCUT2D eigenvalue weighted by Gasteiger charge is 2.34. The smallest absolute Gasteiger partial charge is 0.381 e. The molecule has 1 aliphatic heterocycles. The number of amides is 1. The van der Waals surface area contributed by atoms with Gasteiger partial charge in [0.05, 0.1) is 17.6 Å². The molecule has 4 aromatic rings. The van der Waals surface area contributed by atoms with E-state index in [0.29, 0.717) is 29.9 Å². The van der Waals surface area contributed by atoms with E-state index < -0.39 is 18.0 Å². The maximum atomic E-state index is 13.2. The van der Waals surface area contributed by atoms with Crippen molar-refractivity contribution >= 4 is 28.1 Å². The Bertz CT molecular complexity index is 1390. The number of aromatic nitrogens is 5. The fourth-order valence-corrected chi connectivity index (χ4v) is 4.93. The number of hydrogen-bond acceptors (Lipinski definition) is 7. The van der Waals surface area contributed by atoms with Crippen LogP contribution in [0.3, 0.4) is 0 Å². The quantitative estimate of drug-likeness (QED) is 0.396. The lowest BCUT2D eigenvalue weighted by Crippen LogP contribution is -2.27. The molecule has 0 aliphatic carbocycles. The summed E-state index contributed by atoms with van der Waals surface area (Å²) in [6.07, 6.45) is 3.03. The van der Waals surface area contributed by atoms with E-state index in [1.54, 1.807) is 25.3 Å². The molecule has 8 nitrogen and oxygen atoms in total. The molecule has 1 aliphatic rings. The molecule has 1 aromatic carbocycles. The van der Waals surface area contributed by atoms with Crippen LogP contribution in [0.15, 0.2) is 36.9 Å². The molecule has 12 heteroatoms. The molecule has 1 saturated heterocycles. The number of benzene rings is 1. The number of thiazole rings is 1. The molecule has 0 spiro atoms. The average Bonchev–Trinajstić information content (AvgIpc) is 3.49. The van der Waals surface area contributed by atoms with E-state index in [4.69, 9.17) is 9.84 Å². The van der Waals surface area contributed by atoms with Gasteiger partial charge >= 0.3 is 6.18 Å². The Balaban J connectivity index is 1.46. The number of alkyl halides is 3. The lowest BCUT2D eigenvalue weighted by molar-refractivity contribution is -0.145. The highest BCUT2D eigenvalue weighted by Crippen LogP contribution is 2.34. The maximum absolute atomic E-state index is 13.2. The van der Waals surface area contributed by atoms with E-state index in [1.165, 1.54) is 11.3 Å². The van der Waals surface area contributed by atoms with Gasteiger partial charge in [0.2, 0.25) is 5.82 Å². The van der Waals surface area contributed by atoms with Crippen molar-refractivity contribution in [2.24, 2.45) is 0 Å². The number of fused-ring (bicyclic) bond motifs is 1. The number of carbonyl (C=O) groups is 1. The van der Waals surface area contributed by atoms with Crippen LogP contribution in [0.1, 0.15) is 58.5 Å². The minimum atomic E-state index is -4.63. The van der Waals surface area contributed by atoms with Crippen molar-refractivity contribution in [3.05, 3.63) is 58.7 Å². The first-order valence-electron chi connectivity index (χ1n) is 11.4. The van der Waals surface area contributed by atoms with Crippen molar-refractivity contribution in [2.75, 3.05) is 13.2 Å². The zero-order chi connectivity index (χ0) is 25.4. The van der Waals surface area contributed by atoms with Crippen LogP contribution in [-0.2, 0) is 10.9 Å². The predicted molar refractivity (Wildman–Crippen MR) is 128 cm³/mol. The fraction of sp³-hybridized carbons (Fsp3) is 0.375. The first-order chi connectivity index (χ1) is 17.2. The topological polar surface area (TPSA) is 94.8 Å². The summed E-state index contributed by atoms with van der Waals surface area (Å²) >= 11 is 1.53. The second-order valence-electron chi connectivity index (χ2n) is 8.72. The van der Waals surface area contributed by atoms with Crippen LogP contribution in [0, 0.1) is 6.92 Å². The average molecular weight is 517 g/mol. The van der Waals surface area contributed by atoms with Crippen LogP contribution in [0.25, 0.3) is 21.5 Å². The van der Waals surface area contributed by atoms with Crippen molar-refractivity contribution < 1.29 is 22.7 Å². The molecule has 188 valence electrons. The Morgan fingerprint density at radius 2 is 1.89 bits per heavy atom. The molecule has 1 atom stereocenters. The van der Waals surface area contributed by atoms with Gasteiger partial charge in [0.15, 0.2) is 0 Å². The van der Waals surface area contributed by atoms with Crippen LogP contribution < -0.4 is 5.32 Å². The fourth-order valence-electron chi connectivity index (χ4n) is 4.14. The Kier molecular flexibility index (Phi) is 6.47. The summed E-state index contributed by atoms with van der Waals surface area (Å²) in [5, 5.41) is 9.28. The third-order valence-electron chi connectivity index (χ3n) is 6.09. The summed E-state index contributed by atoms with van der Waals surface area (Å²) < 4.78 is 45.7. The zero-order valence-electron chi connectivity index (χ0n) is 19.5. The van der Waals surface area contributed by atoms with Gasteiger partial charge in [0, 0.05) is 65.0 Å². The molecule has 4 heterocycles. The summed E-state index contributed by atoms with van der Waals surface area (Å²) in [7, 11) is 0. The molecular weight excluding hydrogens is 493 g/mol. The van der Waals surface area contributed by atoms with Crippen LogP contribution in [-0.4, -0.2) is 43.9 Å². The third kappa shape index (κ3) is 4.96. The highest BCUT2D eigenvalue weighted by molar-refractivity contribution is 7.15. The van der Waals surface area contributed by atoms with Crippen molar-refractivity contribution in [1.82, 2.24) is 30.0 Å². The van der Waals surface area contributed by atoms with E-state index in [0.717, 1.165) is 46.1 Å². The second-order valence-corrected chi connectivity index (χ2v) is 9.95. The monoisotopic (exact) mass is 516 g/mol. The van der Waals surface area contributed by atoms with Gasteiger partial charge < -0.3 is 10.1 Å². The Morgan fingerprint density at radius 3 is 2.53 bits per heavy atom. The number of aryl methyl sites for hydroxylation is 1. The third-order valence-corrected chi connectivity index (χ3v) is 7.04. The van der Waals surface area contributed by atoms with Gasteiger partial charge in [0.25, 0.3) is 5.91 Å². The summed E-state index contributed by atoms with van der Waals surface area (Å²) in [5.41, 5.74) is 2.21. The van der Waals surface area contributed by atoms with Crippen molar-refractivity contribution in [1.29, 1.82) is 0 Å². The van der Waals surface area contributed by atoms with Gasteiger partial charge in [0.1, 0.15) is 5.01 Å². The second kappa shape index (κ2) is 9.58. The number of ether oxygens (including phenoxy) is 1. The minimum Gasteiger partial charge on any atom is -0.381 e. The van der Waals surface area contributed by atoms with Crippen LogP contribution in [0.5, 0.6) is 0 Å². The standard InChI is InChI=1S/C24H23F3N6O2S/c1-13-9-28-22(36-13)18-7-15(8-20-19(18)12-33(32-20)17-3-5-35-6-4-17)21(34)31-14(2)16-10-29-23(30-11-16)24(25,26)27/h7-12,14,17H,3-6H2,1-2H3,(H,31,34)/t14-/m1/s1. The van der Waals surface area contributed by atoms with Crippen molar-refractivity contribution in [3.63, 3.8) is 0 Å². The van der Waals surface area contributed by atoms with Crippen molar-refractivity contribution in [3.8, 4) is 10.6 Å². The zero-order valence-corrected chi connectivity index (χ0v) is 20.4. The number of hydrogen-bond donors (Lipinski definition) is 1. The number of halogens is 3. The molecule has 0 radical (unpaired) electrons. The Morgan fingerprint density at radius 1 is 1.17 bits per heavy atom. The molecule has 36 heavy (non-hydrogen) atoms. The minimum absolute atomic E-state index is 0.217. The molecular formula is C24H23F3N6O2S. The Labute approximate surface area is 208 Å². The van der Waals surface area contributed by atoms with Gasteiger partial charge in [-0.05, 0) is 38.8 Å². The van der Waals surface area contributed by atoms with E-state index in [2.05, 4.69) is 20.3 Å². The molecule has 5 rings (SSSR count). The highest BCUT2D eigenvalue weighted by atomic mass is 32.1. The molecule has 0 unspecified atom stereocenters. The molecule has 0 saturated carbocycles. The number of nitrogens with zero attached hydrogens (tertiary/aromatic N) is 5. The van der Waals surface area contributed by atoms with E-state index in [-0.39, 0.29) is 11.9 Å². The summed E-state index contributed by atoms with van der Waals surface area (Å²) in [6.45, 7) is 4.98. The summed E-state index contributed by atoms with van der Waals surface area (Å²) in [6, 6.07) is 3.11. The van der Waals surface area contributed by atoms with Gasteiger partial charge in [-0.2, -0.15) is 18.3 Å². The molecule has 1 amide bonds. The van der Waals surface area contributed by atoms with Gasteiger partial charge in [-0.3, -0.25) is 9.48 Å². The summed E-state index contributed by atoms with van der Waals surface area (Å²) in [5.74, 6) is -1.61. The SMILES string of the molecule is Cc1cnc(-c2cc(C(=O)N[C@H](C)c3cnc(C(F)(F)F)nc3)cc3nn(C4CCOCC4)cc23)s1. The molecule has 0 bridgehead atoms. The molecule has 1 N–H and O–H groups in total. The summed E-state index contributed by atoms with van der Waals surface area (Å²) in [4.78, 5) is 25.5. The largest absolute Gasteiger partial charge is 0.451 e. The lowest BCUT2D eigenvalue weighted by atomic mass is 10.0. The van der Waals surface area contributed by atoms with E-state index >= 15 is 0 Å². The van der Waals surface area contributed by atoms with Crippen LogP contribution in [0.2, 0.25) is 0 Å². The molecule has 3 aromatic heterocycles. The van der Waals surface area contributed by atoms with Crippen LogP contribution in [0.4, 0.5) is 13.2 Å². The van der Waals surface area contributed by atoms with Crippen molar-refractivity contribution in [2.45, 2.75) is 44.9 Å². The van der Waals surface area contributed by atoms with Gasteiger partial charge in [-0.25, -0.2) is 15.0 Å².